The second-order valence-electron chi connectivity index (χ2n) is 24.2. The highest BCUT2D eigenvalue weighted by Crippen LogP contribution is 2.34. The highest BCUT2D eigenvalue weighted by molar-refractivity contribution is 14.1. The molecule has 20 nitrogen and oxygen atoms in total. The number of carbonyl (C=O) groups is 2. The predicted molar refractivity (Wildman–Crippen MR) is 392 cm³/mol. The number of carbonyl (C=O) groups excluding carboxylic acids is 2. The number of furan rings is 1. The molecular weight excluding hydrogens is 1360 g/mol. The number of methoxy groups -OCH3 is 2. The van der Waals surface area contributed by atoms with E-state index in [0.29, 0.717) is 99.4 Å². The minimum Gasteiger partial charge on any atom is -0.497 e. The first-order valence-electron chi connectivity index (χ1n) is 32.6. The first-order chi connectivity index (χ1) is 48.3. The third-order valence-electron chi connectivity index (χ3n) is 18.4. The van der Waals surface area contributed by atoms with Crippen LogP contribution >= 0.6 is 22.6 Å². The van der Waals surface area contributed by atoms with E-state index in [1.807, 2.05) is 143 Å². The van der Waals surface area contributed by atoms with Crippen molar-refractivity contribution in [1.29, 1.82) is 15.8 Å². The molecule has 0 N–H and O–H groups in total. The molecule has 14 rings (SSSR count). The number of aryl methyl sites for hydroxylation is 1. The van der Waals surface area contributed by atoms with Crippen molar-refractivity contribution in [2.75, 3.05) is 107 Å². The number of para-hydroxylation sites is 2. The Kier molecular flexibility index (Phi) is 21.0. The summed E-state index contributed by atoms with van der Waals surface area (Å²) in [6.07, 6.45) is 3.46. The molecule has 3 fully saturated rings. The Labute approximate surface area is 585 Å². The topological polar surface area (TPSA) is 223 Å². The fourth-order valence-electron chi connectivity index (χ4n) is 13.3. The van der Waals surface area contributed by atoms with Gasteiger partial charge in [-0.25, -0.2) is 0 Å². The molecule has 21 heteroatoms. The van der Waals surface area contributed by atoms with Crippen molar-refractivity contribution in [1.82, 2.24) is 28.4 Å². The largest absolute Gasteiger partial charge is 0.497 e. The molecule has 0 unspecified atom stereocenters. The van der Waals surface area contributed by atoms with Crippen molar-refractivity contribution in [2.45, 2.75) is 19.6 Å². The SMILES string of the molecule is COc1ccc(C(=O)N2CCN(c3c(C#N)c(=O)n(Cc4ccccc4)c4ccc(I)cc34)CC2)cc1.COc1ccc(C(=O)N2CCN(c3c(C#N)c(=O)n(Cc4ccccc4)c4ccccc34)CC2)cc1.Cn1c(=O)c(C#N)c(N2CCN(Cc3ccoc3)CC2)c2ccccc21. The fraction of sp³-hybridized carbons (Fsp3) is 0.231. The first kappa shape index (κ1) is 67.5. The number of pyridine rings is 3. The molecule has 0 spiro atoms. The standard InChI is InChI=1S/C29H25IN4O3.C29H26N4O3.C20H20N4O2/c1-37-23-10-7-21(8-11-23)28(35)33-15-13-32(14-16-33)27-24-17-22(30)9-12-26(24)34(29(36)25(27)18-31)19-20-5-3-2-4-6-20;1-36-23-13-11-22(12-14-23)28(34)32-17-15-31(16-18-32)27-24-9-5-6-10-26(24)33(29(35)25(27)19-30)20-21-7-3-2-4-8-21;1-22-18-5-3-2-4-16(18)19(17(12-21)20(22)25)24-9-7-23(8-10-24)13-15-6-11-26-14-15/h2-12,17H,13-16,19H2,1H3;2-14H,15-18,20H2,1H3;2-6,11,14H,7-10,13H2,1H3. The summed E-state index contributed by atoms with van der Waals surface area (Å²) in [5, 5.41) is 32.5. The normalized spacial score (nSPS) is 13.9. The molecule has 0 aliphatic carbocycles. The number of amides is 2. The molecule has 0 atom stereocenters. The number of hydrogen-bond donors (Lipinski definition) is 0. The van der Waals surface area contributed by atoms with Gasteiger partial charge in [-0.15, -0.1) is 0 Å². The van der Waals surface area contributed by atoms with Crippen LogP contribution in [-0.2, 0) is 26.7 Å². The first-order valence-corrected chi connectivity index (χ1v) is 33.6. The van der Waals surface area contributed by atoms with E-state index in [9.17, 15) is 39.8 Å². The number of fused-ring (bicyclic) bond motifs is 3. The average Bonchev–Trinajstić information content (AvgIpc) is 0.786. The number of piperazine rings is 3. The van der Waals surface area contributed by atoms with Crippen molar-refractivity contribution in [3.05, 3.63) is 274 Å². The van der Waals surface area contributed by atoms with E-state index in [1.54, 1.807) is 96.0 Å². The summed E-state index contributed by atoms with van der Waals surface area (Å²) >= 11 is 2.26. The molecular formula is C78H71IN12O8. The Hall–Kier alpha value is -11.5. The van der Waals surface area contributed by atoms with Crippen LogP contribution < -0.4 is 40.9 Å². The zero-order valence-electron chi connectivity index (χ0n) is 55.1. The Morgan fingerprint density at radius 3 is 1.29 bits per heavy atom. The highest BCUT2D eigenvalue weighted by atomic mass is 127. The monoisotopic (exact) mass is 1430 g/mol. The van der Waals surface area contributed by atoms with Gasteiger partial charge < -0.3 is 52.1 Å². The van der Waals surface area contributed by atoms with Gasteiger partial charge in [-0.05, 0) is 119 Å². The van der Waals surface area contributed by atoms with E-state index in [4.69, 9.17) is 13.9 Å². The predicted octanol–water partition coefficient (Wildman–Crippen LogP) is 10.7. The van der Waals surface area contributed by atoms with Gasteiger partial charge in [-0.2, -0.15) is 15.8 Å². The minimum absolute atomic E-state index is 0.0408. The Bertz CT molecular complexity index is 5080. The number of nitrogens with zero attached hydrogens (tertiary/aromatic N) is 12. The maximum Gasteiger partial charge on any atom is 0.271 e. The van der Waals surface area contributed by atoms with Gasteiger partial charge in [0.1, 0.15) is 46.4 Å². The zero-order valence-corrected chi connectivity index (χ0v) is 57.2. The van der Waals surface area contributed by atoms with Gasteiger partial charge in [-0.3, -0.25) is 28.9 Å². The van der Waals surface area contributed by atoms with Crippen molar-refractivity contribution in [3.8, 4) is 29.7 Å². The van der Waals surface area contributed by atoms with E-state index in [1.165, 1.54) is 0 Å². The van der Waals surface area contributed by atoms with Crippen LogP contribution in [0.25, 0.3) is 32.7 Å². The van der Waals surface area contributed by atoms with Gasteiger partial charge >= 0.3 is 0 Å². The number of anilines is 3. The molecule has 498 valence electrons. The van der Waals surface area contributed by atoms with Crippen LogP contribution in [0.1, 0.15) is 54.1 Å². The van der Waals surface area contributed by atoms with Crippen LogP contribution in [0.3, 0.4) is 0 Å². The highest BCUT2D eigenvalue weighted by Gasteiger charge is 2.31. The second-order valence-corrected chi connectivity index (χ2v) is 25.5. The number of ether oxygens (including phenoxy) is 2. The van der Waals surface area contributed by atoms with Gasteiger partial charge in [0, 0.05) is 129 Å². The molecule has 3 aliphatic heterocycles. The molecule has 7 aromatic carbocycles. The maximum atomic E-state index is 13.6. The lowest BCUT2D eigenvalue weighted by molar-refractivity contribution is 0.0739. The molecule has 4 aromatic heterocycles. The van der Waals surface area contributed by atoms with Gasteiger partial charge in [0.2, 0.25) is 0 Å². The van der Waals surface area contributed by atoms with Crippen LogP contribution in [0.2, 0.25) is 0 Å². The fourth-order valence-corrected chi connectivity index (χ4v) is 13.8. The third-order valence-corrected chi connectivity index (χ3v) is 19.1. The van der Waals surface area contributed by atoms with Gasteiger partial charge in [0.15, 0.2) is 0 Å². The summed E-state index contributed by atoms with van der Waals surface area (Å²) in [5.74, 6) is 1.32. The van der Waals surface area contributed by atoms with Crippen molar-refractivity contribution in [2.24, 2.45) is 7.05 Å². The Morgan fingerprint density at radius 1 is 0.444 bits per heavy atom. The lowest BCUT2D eigenvalue weighted by Gasteiger charge is -2.37. The molecule has 7 heterocycles. The van der Waals surface area contributed by atoms with Crippen molar-refractivity contribution in [3.63, 3.8) is 0 Å². The van der Waals surface area contributed by atoms with E-state index in [0.717, 1.165) is 91.4 Å². The number of halogens is 1. The average molecular weight is 1430 g/mol. The van der Waals surface area contributed by atoms with Crippen LogP contribution in [0, 0.1) is 37.6 Å². The van der Waals surface area contributed by atoms with E-state index < -0.39 is 0 Å². The van der Waals surface area contributed by atoms with Crippen LogP contribution in [0.15, 0.2) is 213 Å². The lowest BCUT2D eigenvalue weighted by atomic mass is 10.1. The summed E-state index contributed by atoms with van der Waals surface area (Å²) in [6.45, 7) is 9.04. The molecule has 11 aromatic rings. The Morgan fingerprint density at radius 2 is 0.848 bits per heavy atom. The molecule has 3 saturated heterocycles. The summed E-state index contributed by atoms with van der Waals surface area (Å²) in [7, 11) is 4.91. The summed E-state index contributed by atoms with van der Waals surface area (Å²) in [5.41, 5.74) is 8.55. The molecule has 2 amide bonds. The minimum atomic E-state index is -0.299. The van der Waals surface area contributed by atoms with E-state index >= 15 is 0 Å². The molecule has 3 aliphatic rings. The smallest absolute Gasteiger partial charge is 0.271 e. The third kappa shape index (κ3) is 14.5. The van der Waals surface area contributed by atoms with Crippen LogP contribution in [-0.4, -0.2) is 133 Å². The summed E-state index contributed by atoms with van der Waals surface area (Å²) in [6, 6.07) is 63.7. The second kappa shape index (κ2) is 30.7. The number of rotatable bonds is 13. The van der Waals surface area contributed by atoms with Crippen molar-refractivity contribution < 1.29 is 23.5 Å². The summed E-state index contributed by atoms with van der Waals surface area (Å²) in [4.78, 5) is 78.1. The van der Waals surface area contributed by atoms with Crippen LogP contribution in [0.4, 0.5) is 17.1 Å². The molecule has 0 bridgehead atoms. The van der Waals surface area contributed by atoms with Crippen molar-refractivity contribution >= 4 is 84.2 Å². The summed E-state index contributed by atoms with van der Waals surface area (Å²) < 4.78 is 21.5. The quantitative estimate of drug-likeness (QED) is 0.0979. The number of aromatic nitrogens is 3. The van der Waals surface area contributed by atoms with E-state index in [2.05, 4.69) is 60.4 Å². The van der Waals surface area contributed by atoms with Gasteiger partial charge in [0.05, 0.1) is 73.4 Å². The maximum absolute atomic E-state index is 13.6. The van der Waals surface area contributed by atoms with Gasteiger partial charge in [-0.1, -0.05) is 97.1 Å². The molecule has 99 heavy (non-hydrogen) atoms. The van der Waals surface area contributed by atoms with Gasteiger partial charge in [0.25, 0.3) is 28.5 Å². The lowest BCUT2D eigenvalue weighted by Crippen LogP contribution is -2.49. The number of nitriles is 3. The molecule has 0 saturated carbocycles. The van der Waals surface area contributed by atoms with Crippen LogP contribution in [0.5, 0.6) is 11.5 Å². The number of hydrogen-bond acceptors (Lipinski definition) is 15. The molecule has 0 radical (unpaired) electrons. The number of benzene rings is 7. The zero-order chi connectivity index (χ0) is 69.1. The Balaban J connectivity index is 0.000000143. The van der Waals surface area contributed by atoms with E-state index in [-0.39, 0.29) is 45.2 Å².